The van der Waals surface area contributed by atoms with Gasteiger partial charge in [0.25, 0.3) is 0 Å². The van der Waals surface area contributed by atoms with Crippen LogP contribution in [0.3, 0.4) is 0 Å². The summed E-state index contributed by atoms with van der Waals surface area (Å²) in [6.07, 6.45) is 1.37. The molecule has 0 saturated carbocycles. The van der Waals surface area contributed by atoms with Gasteiger partial charge in [0.1, 0.15) is 0 Å². The zero-order valence-corrected chi connectivity index (χ0v) is 8.14. The molecule has 1 aliphatic rings. The lowest BCUT2D eigenvalue weighted by atomic mass is 10.1. The molecule has 0 aromatic carbocycles. The first-order valence-corrected chi connectivity index (χ1v) is 4.68. The van der Waals surface area contributed by atoms with Crippen molar-refractivity contribution in [3.63, 3.8) is 0 Å². The maximum Gasteiger partial charge on any atom is 0.152 e. The van der Waals surface area contributed by atoms with Crippen molar-refractivity contribution in [1.29, 1.82) is 0 Å². The van der Waals surface area contributed by atoms with Crippen LogP contribution in [0, 0.1) is 0 Å². The molecule has 13 heavy (non-hydrogen) atoms. The highest BCUT2D eigenvalue weighted by Gasteiger charge is 2.20. The third-order valence-corrected chi connectivity index (χ3v) is 2.11. The molecule has 1 saturated heterocycles. The second-order valence-electron chi connectivity index (χ2n) is 3.51. The zero-order chi connectivity index (χ0) is 9.68. The molecule has 1 aliphatic heterocycles. The van der Waals surface area contributed by atoms with Crippen molar-refractivity contribution in [3.8, 4) is 0 Å². The maximum absolute atomic E-state index is 11.5. The Morgan fingerprint density at radius 3 is 2.92 bits per heavy atom. The lowest BCUT2D eigenvalue weighted by molar-refractivity contribution is -0.123. The van der Waals surface area contributed by atoms with Crippen LogP contribution >= 0.6 is 0 Å². The number of morpholine rings is 1. The summed E-state index contributed by atoms with van der Waals surface area (Å²) in [6.45, 7) is 7.73. The van der Waals surface area contributed by atoms with Gasteiger partial charge in [-0.2, -0.15) is 0 Å². The highest BCUT2D eigenvalue weighted by Crippen LogP contribution is 2.05. The predicted molar refractivity (Wildman–Crippen MR) is 51.7 cm³/mol. The van der Waals surface area contributed by atoms with Crippen LogP contribution in [0.4, 0.5) is 0 Å². The van der Waals surface area contributed by atoms with Gasteiger partial charge in [-0.15, -0.1) is 6.58 Å². The monoisotopic (exact) mass is 183 g/mol. The fraction of sp³-hybridized carbons (Fsp3) is 0.700. The number of ether oxygens (including phenoxy) is 1. The van der Waals surface area contributed by atoms with Crippen LogP contribution in [0.25, 0.3) is 0 Å². The summed E-state index contributed by atoms with van der Waals surface area (Å²) in [5, 5.41) is 3.14. The first kappa shape index (κ1) is 10.4. The van der Waals surface area contributed by atoms with Crippen LogP contribution in [-0.4, -0.2) is 31.6 Å². The highest BCUT2D eigenvalue weighted by atomic mass is 16.5. The van der Waals surface area contributed by atoms with Crippen LogP contribution in [0.5, 0.6) is 0 Å². The van der Waals surface area contributed by atoms with Gasteiger partial charge in [-0.25, -0.2) is 0 Å². The van der Waals surface area contributed by atoms with Gasteiger partial charge in [-0.3, -0.25) is 4.79 Å². The Balaban J connectivity index is 2.25. The number of allylic oxidation sites excluding steroid dienone is 1. The summed E-state index contributed by atoms with van der Waals surface area (Å²) in [5.74, 6) is 0.239. The number of Topliss-reactive ketones (excluding diaryl/α,β-unsaturated/α-hetero) is 1. The van der Waals surface area contributed by atoms with E-state index in [2.05, 4.69) is 11.9 Å². The molecule has 1 heterocycles. The SMILES string of the molecule is C=C(C)CCC(=O)C1COCCN1. The lowest BCUT2D eigenvalue weighted by Crippen LogP contribution is -2.46. The quantitative estimate of drug-likeness (QED) is 0.658. The van der Waals surface area contributed by atoms with Gasteiger partial charge in [0.15, 0.2) is 5.78 Å². The molecule has 0 amide bonds. The summed E-state index contributed by atoms with van der Waals surface area (Å²) in [4.78, 5) is 11.5. The molecule has 0 bridgehead atoms. The van der Waals surface area contributed by atoms with Crippen LogP contribution in [0.1, 0.15) is 19.8 Å². The van der Waals surface area contributed by atoms with Gasteiger partial charge < -0.3 is 10.1 Å². The van der Waals surface area contributed by atoms with E-state index in [9.17, 15) is 4.79 Å². The number of ketones is 1. The van der Waals surface area contributed by atoms with Gasteiger partial charge in [0, 0.05) is 13.0 Å². The van der Waals surface area contributed by atoms with E-state index in [1.807, 2.05) is 6.92 Å². The van der Waals surface area contributed by atoms with Gasteiger partial charge in [-0.05, 0) is 13.3 Å². The van der Waals surface area contributed by atoms with Crippen molar-refractivity contribution in [2.75, 3.05) is 19.8 Å². The van der Waals surface area contributed by atoms with E-state index in [-0.39, 0.29) is 11.8 Å². The van der Waals surface area contributed by atoms with Crippen LogP contribution in [0.2, 0.25) is 0 Å². The predicted octanol–water partition coefficient (Wildman–Crippen LogP) is 0.900. The van der Waals surface area contributed by atoms with Crippen molar-refractivity contribution in [3.05, 3.63) is 12.2 Å². The minimum atomic E-state index is -0.0897. The maximum atomic E-state index is 11.5. The van der Waals surface area contributed by atoms with E-state index in [0.717, 1.165) is 18.5 Å². The van der Waals surface area contributed by atoms with Crippen molar-refractivity contribution >= 4 is 5.78 Å². The van der Waals surface area contributed by atoms with Crippen LogP contribution in [-0.2, 0) is 9.53 Å². The molecule has 1 atom stereocenters. The third kappa shape index (κ3) is 3.70. The second kappa shape index (κ2) is 5.14. The molecular weight excluding hydrogens is 166 g/mol. The number of carbonyl (C=O) groups is 1. The summed E-state index contributed by atoms with van der Waals surface area (Å²) in [6, 6.07) is -0.0897. The smallest absolute Gasteiger partial charge is 0.152 e. The van der Waals surface area contributed by atoms with Crippen molar-refractivity contribution in [2.45, 2.75) is 25.8 Å². The van der Waals surface area contributed by atoms with E-state index in [1.165, 1.54) is 0 Å². The molecule has 3 heteroatoms. The Hall–Kier alpha value is -0.670. The second-order valence-corrected chi connectivity index (χ2v) is 3.51. The first-order chi connectivity index (χ1) is 6.20. The van der Waals surface area contributed by atoms with Gasteiger partial charge in [0.05, 0.1) is 19.3 Å². The number of hydrogen-bond donors (Lipinski definition) is 1. The number of hydrogen-bond acceptors (Lipinski definition) is 3. The Labute approximate surface area is 79.2 Å². The molecule has 1 rings (SSSR count). The average Bonchev–Trinajstić information content (AvgIpc) is 2.15. The molecule has 3 nitrogen and oxygen atoms in total. The van der Waals surface area contributed by atoms with Crippen LogP contribution in [0.15, 0.2) is 12.2 Å². The van der Waals surface area contributed by atoms with E-state index in [1.54, 1.807) is 0 Å². The molecule has 74 valence electrons. The number of carbonyl (C=O) groups excluding carboxylic acids is 1. The van der Waals surface area contributed by atoms with Crippen molar-refractivity contribution in [1.82, 2.24) is 5.32 Å². The number of nitrogens with one attached hydrogen (secondary N) is 1. The topological polar surface area (TPSA) is 38.3 Å². The van der Waals surface area contributed by atoms with Gasteiger partial charge >= 0.3 is 0 Å². The molecular formula is C10H17NO2. The largest absolute Gasteiger partial charge is 0.378 e. The van der Waals surface area contributed by atoms with E-state index in [4.69, 9.17) is 4.74 Å². The van der Waals surface area contributed by atoms with E-state index >= 15 is 0 Å². The van der Waals surface area contributed by atoms with Gasteiger partial charge in [0.2, 0.25) is 0 Å². The average molecular weight is 183 g/mol. The van der Waals surface area contributed by atoms with E-state index < -0.39 is 0 Å². The molecule has 0 aliphatic carbocycles. The molecule has 0 aromatic rings. The normalized spacial score (nSPS) is 22.7. The molecule has 1 fully saturated rings. The third-order valence-electron chi connectivity index (χ3n) is 2.11. The fourth-order valence-corrected chi connectivity index (χ4v) is 1.28. The molecule has 1 N–H and O–H groups in total. The zero-order valence-electron chi connectivity index (χ0n) is 8.14. The molecule has 1 unspecified atom stereocenters. The lowest BCUT2D eigenvalue weighted by Gasteiger charge is -2.22. The summed E-state index contributed by atoms with van der Waals surface area (Å²) < 4.78 is 5.20. The Bertz CT molecular complexity index is 195. The fourth-order valence-electron chi connectivity index (χ4n) is 1.28. The first-order valence-electron chi connectivity index (χ1n) is 4.68. The molecule has 0 aromatic heterocycles. The van der Waals surface area contributed by atoms with Crippen molar-refractivity contribution in [2.24, 2.45) is 0 Å². The van der Waals surface area contributed by atoms with Crippen LogP contribution < -0.4 is 5.32 Å². The number of rotatable bonds is 4. The van der Waals surface area contributed by atoms with E-state index in [0.29, 0.717) is 19.6 Å². The summed E-state index contributed by atoms with van der Waals surface area (Å²) >= 11 is 0. The molecule has 0 radical (unpaired) electrons. The van der Waals surface area contributed by atoms with Crippen molar-refractivity contribution < 1.29 is 9.53 Å². The Morgan fingerprint density at radius 2 is 2.38 bits per heavy atom. The summed E-state index contributed by atoms with van der Waals surface area (Å²) in [7, 11) is 0. The molecule has 0 spiro atoms. The minimum absolute atomic E-state index is 0.0897. The minimum Gasteiger partial charge on any atom is -0.378 e. The van der Waals surface area contributed by atoms with Gasteiger partial charge in [-0.1, -0.05) is 5.57 Å². The summed E-state index contributed by atoms with van der Waals surface area (Å²) in [5.41, 5.74) is 1.06. The highest BCUT2D eigenvalue weighted by molar-refractivity contribution is 5.84. The Morgan fingerprint density at radius 1 is 1.62 bits per heavy atom. The standard InChI is InChI=1S/C10H17NO2/c1-8(2)3-4-10(12)9-7-13-6-5-11-9/h9,11H,1,3-7H2,2H3. The Kier molecular flexibility index (Phi) is 4.12.